The van der Waals surface area contributed by atoms with Gasteiger partial charge in [0.1, 0.15) is 10.6 Å². The van der Waals surface area contributed by atoms with Crippen LogP contribution in [0.15, 0.2) is 82.1 Å². The van der Waals surface area contributed by atoms with E-state index in [1.165, 1.54) is 17.4 Å². The lowest BCUT2D eigenvalue weighted by Gasteiger charge is -2.09. The normalized spacial score (nSPS) is 10.6. The Bertz CT molecular complexity index is 1350. The van der Waals surface area contributed by atoms with Crippen molar-refractivity contribution in [1.29, 1.82) is 0 Å². The number of esters is 1. The predicted octanol–water partition coefficient (Wildman–Crippen LogP) is 5.07. The maximum absolute atomic E-state index is 12.7. The maximum atomic E-state index is 12.7. The molecule has 172 valence electrons. The van der Waals surface area contributed by atoms with Crippen LogP contribution < -0.4 is 10.9 Å². The Labute approximate surface area is 204 Å². The van der Waals surface area contributed by atoms with Crippen molar-refractivity contribution < 1.29 is 14.3 Å². The van der Waals surface area contributed by atoms with Gasteiger partial charge in [-0.2, -0.15) is 0 Å². The zero-order valence-corrected chi connectivity index (χ0v) is 19.9. The van der Waals surface area contributed by atoms with E-state index in [2.05, 4.69) is 15.3 Å². The van der Waals surface area contributed by atoms with Gasteiger partial charge in [-0.25, -0.2) is 9.78 Å². The molecule has 0 unspecified atom stereocenters. The fourth-order valence-electron chi connectivity index (χ4n) is 3.24. The van der Waals surface area contributed by atoms with Gasteiger partial charge in [0.2, 0.25) is 5.91 Å². The summed E-state index contributed by atoms with van der Waals surface area (Å²) in [5.41, 5.74) is 2.93. The van der Waals surface area contributed by atoms with Crippen molar-refractivity contribution in [1.82, 2.24) is 9.97 Å². The lowest BCUT2D eigenvalue weighted by atomic mass is 10.0. The van der Waals surface area contributed by atoms with E-state index in [9.17, 15) is 14.4 Å². The third kappa shape index (κ3) is 5.62. The van der Waals surface area contributed by atoms with E-state index < -0.39 is 5.97 Å². The van der Waals surface area contributed by atoms with Crippen molar-refractivity contribution in [3.05, 3.63) is 88.0 Å². The summed E-state index contributed by atoms with van der Waals surface area (Å²) in [5.74, 6) is -0.820. The molecule has 0 radical (unpaired) electrons. The van der Waals surface area contributed by atoms with Crippen LogP contribution >= 0.6 is 23.1 Å². The number of benzene rings is 2. The number of nitrogens with one attached hydrogen (secondary N) is 2. The third-order valence-corrected chi connectivity index (χ3v) is 6.51. The van der Waals surface area contributed by atoms with Crippen molar-refractivity contribution in [2.75, 3.05) is 17.7 Å². The number of thioether (sulfide) groups is 1. The van der Waals surface area contributed by atoms with Crippen LogP contribution in [0.2, 0.25) is 0 Å². The highest BCUT2D eigenvalue weighted by molar-refractivity contribution is 7.99. The Hall–Kier alpha value is -3.69. The smallest absolute Gasteiger partial charge is 0.341 e. The SMILES string of the molecule is CCOC(=O)c1c(-c2ccccc2)csc1NC(=O)CSc1nc(-c2ccccc2)cc(=O)[nH]1. The van der Waals surface area contributed by atoms with Gasteiger partial charge in [-0.1, -0.05) is 72.4 Å². The molecule has 0 aliphatic carbocycles. The number of H-pyrrole nitrogens is 1. The summed E-state index contributed by atoms with van der Waals surface area (Å²) in [6.45, 7) is 1.96. The van der Waals surface area contributed by atoms with Gasteiger partial charge in [-0.3, -0.25) is 9.59 Å². The second-order valence-electron chi connectivity index (χ2n) is 7.08. The number of ether oxygens (including phenoxy) is 1. The Morgan fingerprint density at radius 3 is 2.41 bits per heavy atom. The summed E-state index contributed by atoms with van der Waals surface area (Å²) in [6, 6.07) is 20.2. The summed E-state index contributed by atoms with van der Waals surface area (Å²) < 4.78 is 5.23. The molecule has 7 nitrogen and oxygen atoms in total. The molecule has 2 heterocycles. The van der Waals surface area contributed by atoms with Crippen LogP contribution in [0.25, 0.3) is 22.4 Å². The van der Waals surface area contributed by atoms with Gasteiger partial charge in [0.05, 0.1) is 18.1 Å². The number of carbonyl (C=O) groups excluding carboxylic acids is 2. The van der Waals surface area contributed by atoms with Gasteiger partial charge in [0.25, 0.3) is 5.56 Å². The number of hydrogen-bond acceptors (Lipinski definition) is 7. The van der Waals surface area contributed by atoms with Gasteiger partial charge < -0.3 is 15.0 Å². The fraction of sp³-hybridized carbons (Fsp3) is 0.120. The number of aromatic amines is 1. The summed E-state index contributed by atoms with van der Waals surface area (Å²) in [6.07, 6.45) is 0. The minimum Gasteiger partial charge on any atom is -0.462 e. The molecule has 0 fully saturated rings. The highest BCUT2D eigenvalue weighted by Gasteiger charge is 2.23. The Balaban J connectivity index is 1.51. The third-order valence-electron chi connectivity index (χ3n) is 4.74. The van der Waals surface area contributed by atoms with Gasteiger partial charge in [0.15, 0.2) is 5.16 Å². The highest BCUT2D eigenvalue weighted by atomic mass is 32.2. The van der Waals surface area contributed by atoms with Crippen molar-refractivity contribution in [2.45, 2.75) is 12.1 Å². The lowest BCUT2D eigenvalue weighted by Crippen LogP contribution is -2.17. The van der Waals surface area contributed by atoms with E-state index in [0.29, 0.717) is 27.0 Å². The molecule has 0 atom stereocenters. The number of thiophene rings is 1. The summed E-state index contributed by atoms with van der Waals surface area (Å²) in [4.78, 5) is 44.6. The first-order valence-electron chi connectivity index (χ1n) is 10.5. The van der Waals surface area contributed by atoms with Gasteiger partial charge in [0, 0.05) is 22.6 Å². The van der Waals surface area contributed by atoms with E-state index in [1.807, 2.05) is 66.0 Å². The monoisotopic (exact) mass is 491 g/mol. The molecule has 0 bridgehead atoms. The summed E-state index contributed by atoms with van der Waals surface area (Å²) >= 11 is 2.37. The van der Waals surface area contributed by atoms with Gasteiger partial charge in [-0.05, 0) is 12.5 Å². The number of aromatic nitrogens is 2. The Morgan fingerprint density at radius 1 is 1.06 bits per heavy atom. The largest absolute Gasteiger partial charge is 0.462 e. The number of anilines is 1. The quantitative estimate of drug-likeness (QED) is 0.203. The molecular weight excluding hydrogens is 470 g/mol. The Kier molecular flexibility index (Phi) is 7.56. The van der Waals surface area contributed by atoms with Crippen molar-refractivity contribution >= 4 is 40.0 Å². The average Bonchev–Trinajstić information content (AvgIpc) is 3.27. The van der Waals surface area contributed by atoms with Crippen LogP contribution in [-0.4, -0.2) is 34.2 Å². The van der Waals surface area contributed by atoms with E-state index in [1.54, 1.807) is 6.92 Å². The molecule has 2 N–H and O–H groups in total. The van der Waals surface area contributed by atoms with E-state index >= 15 is 0 Å². The first-order chi connectivity index (χ1) is 16.5. The zero-order valence-electron chi connectivity index (χ0n) is 18.2. The minimum atomic E-state index is -0.493. The molecular formula is C25H21N3O4S2. The molecule has 0 saturated carbocycles. The van der Waals surface area contributed by atoms with Gasteiger partial charge >= 0.3 is 5.97 Å². The van der Waals surface area contributed by atoms with Crippen molar-refractivity contribution in [3.63, 3.8) is 0 Å². The molecule has 2 aromatic heterocycles. The molecule has 0 spiro atoms. The molecule has 0 aliphatic heterocycles. The lowest BCUT2D eigenvalue weighted by molar-refractivity contribution is -0.113. The van der Waals surface area contributed by atoms with E-state index in [-0.39, 0.29) is 23.8 Å². The number of nitrogens with zero attached hydrogens (tertiary/aromatic N) is 1. The van der Waals surface area contributed by atoms with Crippen LogP contribution in [0.4, 0.5) is 5.00 Å². The van der Waals surface area contributed by atoms with Crippen molar-refractivity contribution in [2.24, 2.45) is 0 Å². The van der Waals surface area contributed by atoms with Crippen LogP contribution in [0.1, 0.15) is 17.3 Å². The number of carbonyl (C=O) groups is 2. The highest BCUT2D eigenvalue weighted by Crippen LogP contribution is 2.36. The molecule has 4 aromatic rings. The number of hydrogen-bond donors (Lipinski definition) is 2. The average molecular weight is 492 g/mol. The van der Waals surface area contributed by atoms with Crippen LogP contribution in [0, 0.1) is 0 Å². The fourth-order valence-corrected chi connectivity index (χ4v) is 4.89. The molecule has 0 aliphatic rings. The minimum absolute atomic E-state index is 0.00200. The topological polar surface area (TPSA) is 101 Å². The predicted molar refractivity (Wildman–Crippen MR) is 135 cm³/mol. The first kappa shape index (κ1) is 23.5. The Morgan fingerprint density at radius 2 is 1.74 bits per heavy atom. The molecule has 34 heavy (non-hydrogen) atoms. The van der Waals surface area contributed by atoms with E-state index in [0.717, 1.165) is 22.9 Å². The maximum Gasteiger partial charge on any atom is 0.341 e. The second kappa shape index (κ2) is 11.0. The number of amides is 1. The van der Waals surface area contributed by atoms with Crippen LogP contribution in [0.3, 0.4) is 0 Å². The molecule has 2 aromatic carbocycles. The zero-order chi connectivity index (χ0) is 23.9. The first-order valence-corrected chi connectivity index (χ1v) is 12.3. The summed E-state index contributed by atoms with van der Waals surface area (Å²) in [7, 11) is 0. The molecule has 9 heteroatoms. The molecule has 1 amide bonds. The van der Waals surface area contributed by atoms with Crippen molar-refractivity contribution in [3.8, 4) is 22.4 Å². The molecule has 0 saturated heterocycles. The van der Waals surface area contributed by atoms with Crippen LogP contribution in [0.5, 0.6) is 0 Å². The molecule has 4 rings (SSSR count). The van der Waals surface area contributed by atoms with E-state index in [4.69, 9.17) is 4.74 Å². The number of rotatable bonds is 8. The second-order valence-corrected chi connectivity index (χ2v) is 8.92. The van der Waals surface area contributed by atoms with Gasteiger partial charge in [-0.15, -0.1) is 11.3 Å². The standard InChI is InChI=1S/C25H21N3O4S2/c1-2-32-24(31)22-18(16-9-5-3-6-10-16)14-33-23(22)27-21(30)15-34-25-26-19(13-20(29)28-25)17-11-7-4-8-12-17/h3-14H,2,15H2,1H3,(H,27,30)(H,26,28,29). The van der Waals surface area contributed by atoms with Crippen LogP contribution in [-0.2, 0) is 9.53 Å². The summed E-state index contributed by atoms with van der Waals surface area (Å²) in [5, 5.41) is 5.39.